The Hall–Kier alpha value is -1.30. The predicted octanol–water partition coefficient (Wildman–Crippen LogP) is 2.23. The molecule has 122 valence electrons. The molecule has 2 amide bonds. The number of rotatable bonds is 9. The number of ether oxygens (including phenoxy) is 1. The molecule has 0 bridgehead atoms. The third-order valence-corrected chi connectivity index (χ3v) is 3.95. The summed E-state index contributed by atoms with van der Waals surface area (Å²) in [7, 11) is 1.54. The summed E-state index contributed by atoms with van der Waals surface area (Å²) in [6, 6.07) is -1.07. The molecule has 0 saturated carbocycles. The first-order valence-corrected chi connectivity index (χ1v) is 7.90. The van der Waals surface area contributed by atoms with Gasteiger partial charge in [0.1, 0.15) is 6.04 Å². The maximum atomic E-state index is 12.1. The second-order valence-electron chi connectivity index (χ2n) is 5.60. The molecule has 21 heavy (non-hydrogen) atoms. The monoisotopic (exact) mass is 300 g/mol. The summed E-state index contributed by atoms with van der Waals surface area (Å²) >= 11 is 0. The summed E-state index contributed by atoms with van der Waals surface area (Å²) in [5.74, 6) is -0.968. The molecule has 0 aromatic heterocycles. The Morgan fingerprint density at radius 3 is 2.52 bits per heavy atom. The van der Waals surface area contributed by atoms with Gasteiger partial charge in [0.15, 0.2) is 0 Å². The highest BCUT2D eigenvalue weighted by molar-refractivity contribution is 5.83. The summed E-state index contributed by atoms with van der Waals surface area (Å²) in [6.07, 6.45) is 7.13. The largest absolute Gasteiger partial charge is 0.480 e. The van der Waals surface area contributed by atoms with Gasteiger partial charge in [0, 0.05) is 26.6 Å². The minimum absolute atomic E-state index is 0.189. The number of nitrogens with zero attached hydrogens (tertiary/aromatic N) is 1. The zero-order chi connectivity index (χ0) is 15.7. The van der Waals surface area contributed by atoms with E-state index in [1.807, 2.05) is 0 Å². The highest BCUT2D eigenvalue weighted by atomic mass is 16.5. The van der Waals surface area contributed by atoms with E-state index >= 15 is 0 Å². The van der Waals surface area contributed by atoms with Crippen molar-refractivity contribution < 1.29 is 19.4 Å². The highest BCUT2D eigenvalue weighted by Crippen LogP contribution is 2.20. The van der Waals surface area contributed by atoms with Crippen molar-refractivity contribution in [2.75, 3.05) is 20.2 Å². The molecule has 1 fully saturated rings. The molecular formula is C15H28N2O4. The molecule has 0 aromatic rings. The Kier molecular flexibility index (Phi) is 8.12. The van der Waals surface area contributed by atoms with Gasteiger partial charge in [-0.1, -0.05) is 39.0 Å². The average molecular weight is 300 g/mol. The molecular weight excluding hydrogens is 272 g/mol. The SMILES string of the molecule is CCCCCCCCNC(=O)N1CC(OC)CC1C(=O)O. The normalized spacial score (nSPS) is 21.5. The van der Waals surface area contributed by atoms with Gasteiger partial charge >= 0.3 is 12.0 Å². The Bertz CT molecular complexity index is 336. The lowest BCUT2D eigenvalue weighted by atomic mass is 10.1. The average Bonchev–Trinajstić information content (AvgIpc) is 2.90. The fraction of sp³-hybridized carbons (Fsp3) is 0.867. The van der Waals surface area contributed by atoms with Gasteiger partial charge in [0.2, 0.25) is 0 Å². The highest BCUT2D eigenvalue weighted by Gasteiger charge is 2.39. The van der Waals surface area contributed by atoms with E-state index in [1.165, 1.54) is 30.6 Å². The molecule has 0 aliphatic carbocycles. The van der Waals surface area contributed by atoms with Crippen LogP contribution in [-0.4, -0.2) is 54.4 Å². The van der Waals surface area contributed by atoms with Crippen LogP contribution in [0.25, 0.3) is 0 Å². The summed E-state index contributed by atoms with van der Waals surface area (Å²) in [6.45, 7) is 3.13. The molecule has 1 aliphatic heterocycles. The Morgan fingerprint density at radius 1 is 1.24 bits per heavy atom. The standard InChI is InChI=1S/C15H28N2O4/c1-3-4-5-6-7-8-9-16-15(20)17-11-12(21-2)10-13(17)14(18)19/h12-13H,3-11H2,1-2H3,(H,16,20)(H,18,19). The zero-order valence-corrected chi connectivity index (χ0v) is 13.1. The molecule has 0 spiro atoms. The molecule has 6 heteroatoms. The lowest BCUT2D eigenvalue weighted by Crippen LogP contribution is -2.46. The number of urea groups is 1. The number of hydrogen-bond donors (Lipinski definition) is 2. The van der Waals surface area contributed by atoms with Crippen LogP contribution >= 0.6 is 0 Å². The zero-order valence-electron chi connectivity index (χ0n) is 13.1. The van der Waals surface area contributed by atoms with Crippen LogP contribution in [0.4, 0.5) is 4.79 Å². The van der Waals surface area contributed by atoms with E-state index in [0.29, 0.717) is 19.5 Å². The first kappa shape index (κ1) is 17.8. The Balaban J connectivity index is 2.25. The van der Waals surface area contributed by atoms with Crippen LogP contribution in [0.15, 0.2) is 0 Å². The molecule has 0 radical (unpaired) electrons. The maximum Gasteiger partial charge on any atom is 0.326 e. The lowest BCUT2D eigenvalue weighted by Gasteiger charge is -2.21. The number of carbonyl (C=O) groups is 2. The van der Waals surface area contributed by atoms with Crippen LogP contribution in [0.1, 0.15) is 51.9 Å². The summed E-state index contributed by atoms with van der Waals surface area (Å²) in [5.41, 5.74) is 0. The number of nitrogens with one attached hydrogen (secondary N) is 1. The number of likely N-dealkylation sites (tertiary alicyclic amines) is 1. The van der Waals surface area contributed by atoms with E-state index in [-0.39, 0.29) is 12.1 Å². The van der Waals surface area contributed by atoms with Gasteiger partial charge in [-0.25, -0.2) is 9.59 Å². The fourth-order valence-corrected chi connectivity index (χ4v) is 2.63. The van der Waals surface area contributed by atoms with Crippen LogP contribution in [0.3, 0.4) is 0 Å². The van der Waals surface area contributed by atoms with Crippen LogP contribution in [0.2, 0.25) is 0 Å². The third kappa shape index (κ3) is 5.91. The number of carboxylic acid groups (broad SMARTS) is 1. The fourth-order valence-electron chi connectivity index (χ4n) is 2.63. The number of carboxylic acids is 1. The van der Waals surface area contributed by atoms with Gasteiger partial charge < -0.3 is 20.1 Å². The quantitative estimate of drug-likeness (QED) is 0.640. The molecule has 0 aromatic carbocycles. The number of aliphatic carboxylic acids is 1. The van der Waals surface area contributed by atoms with Crippen LogP contribution in [0.5, 0.6) is 0 Å². The molecule has 2 N–H and O–H groups in total. The van der Waals surface area contributed by atoms with E-state index in [2.05, 4.69) is 12.2 Å². The van der Waals surface area contributed by atoms with Crippen LogP contribution < -0.4 is 5.32 Å². The minimum Gasteiger partial charge on any atom is -0.480 e. The number of methoxy groups -OCH3 is 1. The van der Waals surface area contributed by atoms with Gasteiger partial charge in [-0.3, -0.25) is 0 Å². The van der Waals surface area contributed by atoms with E-state index in [1.54, 1.807) is 7.11 Å². The van der Waals surface area contributed by atoms with Crippen molar-refractivity contribution in [3.05, 3.63) is 0 Å². The molecule has 6 nitrogen and oxygen atoms in total. The second-order valence-corrected chi connectivity index (χ2v) is 5.60. The second kappa shape index (κ2) is 9.60. The van der Waals surface area contributed by atoms with Crippen molar-refractivity contribution >= 4 is 12.0 Å². The third-order valence-electron chi connectivity index (χ3n) is 3.95. The molecule has 2 unspecified atom stereocenters. The van der Waals surface area contributed by atoms with E-state index < -0.39 is 12.0 Å². The van der Waals surface area contributed by atoms with E-state index in [0.717, 1.165) is 12.8 Å². The number of hydrogen-bond acceptors (Lipinski definition) is 3. The van der Waals surface area contributed by atoms with Crippen molar-refractivity contribution in [2.45, 2.75) is 64.0 Å². The molecule has 2 atom stereocenters. The van der Waals surface area contributed by atoms with E-state index in [9.17, 15) is 9.59 Å². The number of carbonyl (C=O) groups excluding carboxylic acids is 1. The molecule has 1 saturated heterocycles. The van der Waals surface area contributed by atoms with Crippen molar-refractivity contribution in [3.8, 4) is 0 Å². The molecule has 1 aliphatic rings. The van der Waals surface area contributed by atoms with Crippen LogP contribution in [-0.2, 0) is 9.53 Å². The number of unbranched alkanes of at least 4 members (excludes halogenated alkanes) is 5. The van der Waals surface area contributed by atoms with Gasteiger partial charge in [0.25, 0.3) is 0 Å². The summed E-state index contributed by atoms with van der Waals surface area (Å²) in [4.78, 5) is 24.6. The van der Waals surface area contributed by atoms with Crippen LogP contribution in [0, 0.1) is 0 Å². The van der Waals surface area contributed by atoms with Crippen molar-refractivity contribution in [1.82, 2.24) is 10.2 Å². The maximum absolute atomic E-state index is 12.1. The van der Waals surface area contributed by atoms with E-state index in [4.69, 9.17) is 9.84 Å². The minimum atomic E-state index is -0.968. The van der Waals surface area contributed by atoms with Gasteiger partial charge in [-0.05, 0) is 6.42 Å². The van der Waals surface area contributed by atoms with Gasteiger partial charge in [0.05, 0.1) is 6.10 Å². The first-order valence-electron chi connectivity index (χ1n) is 7.90. The Morgan fingerprint density at radius 2 is 1.90 bits per heavy atom. The molecule has 1 heterocycles. The summed E-state index contributed by atoms with van der Waals surface area (Å²) in [5, 5.41) is 12.0. The number of amides is 2. The van der Waals surface area contributed by atoms with Gasteiger partial charge in [-0.15, -0.1) is 0 Å². The first-order chi connectivity index (χ1) is 10.1. The Labute approximate surface area is 126 Å². The topological polar surface area (TPSA) is 78.9 Å². The lowest BCUT2D eigenvalue weighted by molar-refractivity contribution is -0.141. The van der Waals surface area contributed by atoms with Crippen molar-refractivity contribution in [1.29, 1.82) is 0 Å². The summed E-state index contributed by atoms with van der Waals surface area (Å²) < 4.78 is 5.17. The smallest absolute Gasteiger partial charge is 0.326 e. The van der Waals surface area contributed by atoms with Crippen molar-refractivity contribution in [2.24, 2.45) is 0 Å². The van der Waals surface area contributed by atoms with Crippen molar-refractivity contribution in [3.63, 3.8) is 0 Å². The van der Waals surface area contributed by atoms with Gasteiger partial charge in [-0.2, -0.15) is 0 Å². The predicted molar refractivity (Wildman–Crippen MR) is 80.3 cm³/mol. The molecule has 1 rings (SSSR count).